The topological polar surface area (TPSA) is 55.6 Å². The molecule has 5 heteroatoms. The number of thioether (sulfide) groups is 1. The van der Waals surface area contributed by atoms with Gasteiger partial charge >= 0.3 is 0 Å². The SMILES string of the molecule is COc1ccc(N)c(C(=O)N2CCSC(C)C2C)c1. The summed E-state index contributed by atoms with van der Waals surface area (Å²) in [6.45, 7) is 5.01. The van der Waals surface area contributed by atoms with Crippen molar-refractivity contribution in [1.82, 2.24) is 4.90 Å². The highest BCUT2D eigenvalue weighted by Gasteiger charge is 2.30. The van der Waals surface area contributed by atoms with Gasteiger partial charge < -0.3 is 15.4 Å². The van der Waals surface area contributed by atoms with Gasteiger partial charge in [-0.3, -0.25) is 4.79 Å². The Balaban J connectivity index is 2.28. The van der Waals surface area contributed by atoms with Crippen LogP contribution in [-0.4, -0.2) is 41.5 Å². The summed E-state index contributed by atoms with van der Waals surface area (Å²) in [5.41, 5.74) is 6.96. The molecule has 0 bridgehead atoms. The first kappa shape index (κ1) is 14.1. The molecule has 1 heterocycles. The molecule has 1 saturated heterocycles. The van der Waals surface area contributed by atoms with Gasteiger partial charge in [0, 0.05) is 29.3 Å². The van der Waals surface area contributed by atoms with Crippen molar-refractivity contribution in [2.45, 2.75) is 25.1 Å². The van der Waals surface area contributed by atoms with Crippen molar-refractivity contribution in [3.8, 4) is 5.75 Å². The van der Waals surface area contributed by atoms with Gasteiger partial charge in [0.1, 0.15) is 5.75 Å². The normalized spacial score (nSPS) is 23.2. The second kappa shape index (κ2) is 5.74. The molecule has 1 amide bonds. The molecule has 0 saturated carbocycles. The third-order valence-corrected chi connectivity index (χ3v) is 4.97. The molecule has 1 aromatic rings. The number of amides is 1. The van der Waals surface area contributed by atoms with Crippen molar-refractivity contribution in [3.63, 3.8) is 0 Å². The fourth-order valence-electron chi connectivity index (χ4n) is 2.22. The highest BCUT2D eigenvalue weighted by molar-refractivity contribution is 8.00. The molecule has 0 aromatic heterocycles. The molecule has 1 fully saturated rings. The highest BCUT2D eigenvalue weighted by atomic mass is 32.2. The van der Waals surface area contributed by atoms with Crippen LogP contribution in [0.4, 0.5) is 5.69 Å². The monoisotopic (exact) mass is 280 g/mol. The quantitative estimate of drug-likeness (QED) is 0.844. The summed E-state index contributed by atoms with van der Waals surface area (Å²) >= 11 is 1.90. The van der Waals surface area contributed by atoms with E-state index in [2.05, 4.69) is 13.8 Å². The van der Waals surface area contributed by atoms with Crippen molar-refractivity contribution in [3.05, 3.63) is 23.8 Å². The third-order valence-electron chi connectivity index (χ3n) is 3.64. The molecule has 0 spiro atoms. The van der Waals surface area contributed by atoms with Crippen molar-refractivity contribution in [2.24, 2.45) is 0 Å². The Bertz CT molecular complexity index is 479. The largest absolute Gasteiger partial charge is 0.497 e. The number of hydrogen-bond acceptors (Lipinski definition) is 4. The molecule has 0 aliphatic carbocycles. The molecule has 0 radical (unpaired) electrons. The van der Waals surface area contributed by atoms with E-state index in [4.69, 9.17) is 10.5 Å². The molecule has 19 heavy (non-hydrogen) atoms. The van der Waals surface area contributed by atoms with E-state index in [-0.39, 0.29) is 11.9 Å². The van der Waals surface area contributed by atoms with Crippen LogP contribution in [0.25, 0.3) is 0 Å². The number of methoxy groups -OCH3 is 1. The minimum Gasteiger partial charge on any atom is -0.497 e. The summed E-state index contributed by atoms with van der Waals surface area (Å²) in [6, 6.07) is 5.43. The predicted molar refractivity (Wildman–Crippen MR) is 79.8 cm³/mol. The van der Waals surface area contributed by atoms with E-state index in [9.17, 15) is 4.79 Å². The summed E-state index contributed by atoms with van der Waals surface area (Å²) in [5.74, 6) is 1.63. The zero-order valence-electron chi connectivity index (χ0n) is 11.6. The van der Waals surface area contributed by atoms with E-state index < -0.39 is 0 Å². The van der Waals surface area contributed by atoms with Crippen molar-refractivity contribution < 1.29 is 9.53 Å². The van der Waals surface area contributed by atoms with E-state index in [1.165, 1.54) is 0 Å². The fourth-order valence-corrected chi connectivity index (χ4v) is 3.32. The minimum absolute atomic E-state index is 0.00366. The van der Waals surface area contributed by atoms with Crippen LogP contribution in [0, 0.1) is 0 Å². The summed E-state index contributed by atoms with van der Waals surface area (Å²) in [4.78, 5) is 14.5. The van der Waals surface area contributed by atoms with Crippen molar-refractivity contribution in [1.29, 1.82) is 0 Å². The Hall–Kier alpha value is -1.36. The van der Waals surface area contributed by atoms with Crippen molar-refractivity contribution >= 4 is 23.4 Å². The van der Waals surface area contributed by atoms with Gasteiger partial charge in [-0.05, 0) is 25.1 Å². The first-order chi connectivity index (χ1) is 9.04. The van der Waals surface area contributed by atoms with E-state index in [1.807, 2.05) is 16.7 Å². The van der Waals surface area contributed by atoms with Gasteiger partial charge in [0.2, 0.25) is 0 Å². The lowest BCUT2D eigenvalue weighted by Crippen LogP contribution is -2.48. The van der Waals surface area contributed by atoms with E-state index >= 15 is 0 Å². The summed E-state index contributed by atoms with van der Waals surface area (Å²) in [7, 11) is 1.59. The summed E-state index contributed by atoms with van der Waals surface area (Å²) in [5, 5.41) is 0.449. The van der Waals surface area contributed by atoms with Crippen LogP contribution in [0.1, 0.15) is 24.2 Å². The number of nitrogen functional groups attached to an aromatic ring is 1. The summed E-state index contributed by atoms with van der Waals surface area (Å²) in [6.07, 6.45) is 0. The van der Waals surface area contributed by atoms with Crippen LogP contribution in [0.3, 0.4) is 0 Å². The summed E-state index contributed by atoms with van der Waals surface area (Å²) < 4.78 is 5.16. The second-order valence-corrected chi connectivity index (χ2v) is 6.25. The zero-order valence-corrected chi connectivity index (χ0v) is 12.4. The number of benzene rings is 1. The number of nitrogens with two attached hydrogens (primary N) is 1. The average molecular weight is 280 g/mol. The van der Waals surface area contributed by atoms with Crippen LogP contribution in [0.2, 0.25) is 0 Å². The number of carbonyl (C=O) groups excluding carboxylic acids is 1. The van der Waals surface area contributed by atoms with Crippen LogP contribution < -0.4 is 10.5 Å². The molecule has 1 aliphatic rings. The van der Waals surface area contributed by atoms with E-state index in [1.54, 1.807) is 25.3 Å². The Kier molecular flexibility index (Phi) is 4.24. The zero-order chi connectivity index (χ0) is 14.0. The number of hydrogen-bond donors (Lipinski definition) is 1. The van der Waals surface area contributed by atoms with E-state index in [0.29, 0.717) is 22.3 Å². The maximum absolute atomic E-state index is 12.6. The minimum atomic E-state index is -0.00366. The Morgan fingerprint density at radius 3 is 2.89 bits per heavy atom. The molecular formula is C14H20N2O2S. The number of carbonyl (C=O) groups is 1. The standard InChI is InChI=1S/C14H20N2O2S/c1-9-10(2)19-7-6-16(9)14(17)12-8-11(18-3)4-5-13(12)15/h4-5,8-10H,6-7,15H2,1-3H3. The van der Waals surface area contributed by atoms with Crippen molar-refractivity contribution in [2.75, 3.05) is 25.1 Å². The first-order valence-electron chi connectivity index (χ1n) is 6.40. The van der Waals surface area contributed by atoms with Crippen LogP contribution in [0.15, 0.2) is 18.2 Å². The van der Waals surface area contributed by atoms with Crippen LogP contribution >= 0.6 is 11.8 Å². The highest BCUT2D eigenvalue weighted by Crippen LogP contribution is 2.28. The third kappa shape index (κ3) is 2.81. The lowest BCUT2D eigenvalue weighted by atomic mass is 10.1. The Morgan fingerprint density at radius 2 is 2.21 bits per heavy atom. The number of nitrogens with zero attached hydrogens (tertiary/aromatic N) is 1. The predicted octanol–water partition coefficient (Wildman–Crippen LogP) is 2.24. The van der Waals surface area contributed by atoms with E-state index in [0.717, 1.165) is 12.3 Å². The molecule has 2 N–H and O–H groups in total. The molecule has 4 nitrogen and oxygen atoms in total. The smallest absolute Gasteiger partial charge is 0.256 e. The lowest BCUT2D eigenvalue weighted by Gasteiger charge is -2.37. The van der Waals surface area contributed by atoms with Gasteiger partial charge in [-0.25, -0.2) is 0 Å². The van der Waals surface area contributed by atoms with Gasteiger partial charge in [-0.15, -0.1) is 0 Å². The first-order valence-corrected chi connectivity index (χ1v) is 7.45. The maximum atomic E-state index is 12.6. The number of anilines is 1. The average Bonchev–Trinajstić information content (AvgIpc) is 2.42. The van der Waals surface area contributed by atoms with Crippen LogP contribution in [-0.2, 0) is 0 Å². The molecule has 2 atom stereocenters. The fraction of sp³-hybridized carbons (Fsp3) is 0.500. The molecule has 1 aromatic carbocycles. The Labute approximate surface area is 118 Å². The van der Waals surface area contributed by atoms with Gasteiger partial charge in [0.25, 0.3) is 5.91 Å². The molecule has 2 unspecified atom stereocenters. The van der Waals surface area contributed by atoms with Crippen LogP contribution in [0.5, 0.6) is 5.75 Å². The van der Waals surface area contributed by atoms with Gasteiger partial charge in [0.05, 0.1) is 12.7 Å². The Morgan fingerprint density at radius 1 is 1.47 bits per heavy atom. The number of ether oxygens (including phenoxy) is 1. The molecule has 1 aliphatic heterocycles. The lowest BCUT2D eigenvalue weighted by molar-refractivity contribution is 0.0699. The molecule has 2 rings (SSSR count). The number of rotatable bonds is 2. The molecular weight excluding hydrogens is 260 g/mol. The maximum Gasteiger partial charge on any atom is 0.256 e. The molecule has 104 valence electrons. The second-order valence-electron chi connectivity index (χ2n) is 4.77. The van der Waals surface area contributed by atoms with Gasteiger partial charge in [-0.2, -0.15) is 11.8 Å². The van der Waals surface area contributed by atoms with Gasteiger partial charge in [0.15, 0.2) is 0 Å². The van der Waals surface area contributed by atoms with Gasteiger partial charge in [-0.1, -0.05) is 6.92 Å².